The van der Waals surface area contributed by atoms with E-state index in [-0.39, 0.29) is 0 Å². The maximum atomic E-state index is 12.2. The number of nitrogens with zero attached hydrogens (tertiary/aromatic N) is 1. The van der Waals surface area contributed by atoms with Crippen LogP contribution in [0.15, 0.2) is 23.4 Å². The summed E-state index contributed by atoms with van der Waals surface area (Å²) in [6.07, 6.45) is 5.40. The first-order chi connectivity index (χ1) is 7.87. The third kappa shape index (κ3) is 2.53. The van der Waals surface area contributed by atoms with Gasteiger partial charge in [-0.15, -0.1) is 0 Å². The minimum Gasteiger partial charge on any atom is -0.356 e. The predicted molar refractivity (Wildman–Crippen MR) is 65.9 cm³/mol. The van der Waals surface area contributed by atoms with E-state index >= 15 is 0 Å². The summed E-state index contributed by atoms with van der Waals surface area (Å²) in [6, 6.07) is 1.59. The van der Waals surface area contributed by atoms with Crippen LogP contribution in [-0.4, -0.2) is 25.1 Å². The van der Waals surface area contributed by atoms with E-state index in [0.717, 1.165) is 12.8 Å². The van der Waals surface area contributed by atoms with Crippen molar-refractivity contribution in [3.05, 3.63) is 18.5 Å². The molecule has 1 saturated carbocycles. The van der Waals surface area contributed by atoms with Gasteiger partial charge in [0.25, 0.3) is 0 Å². The molecule has 0 bridgehead atoms. The minimum atomic E-state index is -3.47. The van der Waals surface area contributed by atoms with E-state index in [2.05, 4.69) is 4.72 Å². The van der Waals surface area contributed by atoms with Gasteiger partial charge in [-0.25, -0.2) is 13.1 Å². The quantitative estimate of drug-likeness (QED) is 0.803. The number of hydrogen-bond acceptors (Lipinski definition) is 3. The zero-order valence-electron chi connectivity index (χ0n) is 10.2. The fourth-order valence-corrected chi connectivity index (χ4v) is 3.54. The van der Waals surface area contributed by atoms with Crippen LogP contribution in [0, 0.1) is 5.92 Å². The second-order valence-electron chi connectivity index (χ2n) is 5.01. The molecule has 1 heterocycles. The molecule has 1 aliphatic carbocycles. The zero-order chi connectivity index (χ0) is 12.7. The number of hydrogen-bond donors (Lipinski definition) is 2. The second kappa shape index (κ2) is 4.12. The molecule has 1 fully saturated rings. The summed E-state index contributed by atoms with van der Waals surface area (Å²) in [7, 11) is -1.67. The number of nitrogens with two attached hydrogens (primary N) is 1. The Balaban J connectivity index is 2.22. The molecule has 1 unspecified atom stereocenters. The van der Waals surface area contributed by atoms with Crippen LogP contribution in [0.1, 0.15) is 19.8 Å². The predicted octanol–water partition coefficient (Wildman–Crippen LogP) is 0.431. The molecule has 3 N–H and O–H groups in total. The molecule has 1 aromatic heterocycles. The zero-order valence-corrected chi connectivity index (χ0v) is 11.0. The average molecular weight is 257 g/mol. The lowest BCUT2D eigenvalue weighted by molar-refractivity contribution is 0.374. The average Bonchev–Trinajstić information content (AvgIpc) is 3.01. The summed E-state index contributed by atoms with van der Waals surface area (Å²) < 4.78 is 28.8. The van der Waals surface area contributed by atoms with E-state index < -0.39 is 15.6 Å². The van der Waals surface area contributed by atoms with Gasteiger partial charge in [-0.2, -0.15) is 0 Å². The van der Waals surface area contributed by atoms with Gasteiger partial charge in [-0.05, 0) is 31.7 Å². The molecule has 1 aromatic rings. The topological polar surface area (TPSA) is 77.1 Å². The van der Waals surface area contributed by atoms with Crippen molar-refractivity contribution in [2.24, 2.45) is 18.7 Å². The first-order valence-electron chi connectivity index (χ1n) is 5.73. The van der Waals surface area contributed by atoms with Gasteiger partial charge in [0.05, 0.1) is 4.90 Å². The van der Waals surface area contributed by atoms with Crippen molar-refractivity contribution >= 4 is 10.0 Å². The number of aryl methyl sites for hydroxylation is 1. The summed E-state index contributed by atoms with van der Waals surface area (Å²) in [5, 5.41) is 0. The lowest BCUT2D eigenvalue weighted by Gasteiger charge is -2.28. The third-order valence-electron chi connectivity index (χ3n) is 3.39. The van der Waals surface area contributed by atoms with Gasteiger partial charge in [0.1, 0.15) is 0 Å². The number of sulfonamides is 1. The minimum absolute atomic E-state index is 0.292. The number of rotatable bonds is 5. The SMILES string of the molecule is Cn1ccc(S(=O)(=O)NC(C)(CN)C2CC2)c1. The van der Waals surface area contributed by atoms with E-state index in [1.807, 2.05) is 6.92 Å². The Bertz CT molecular complexity index is 505. The molecule has 2 rings (SSSR count). The van der Waals surface area contributed by atoms with Crippen LogP contribution in [-0.2, 0) is 17.1 Å². The molecule has 6 heteroatoms. The lowest BCUT2D eigenvalue weighted by Crippen LogP contribution is -2.52. The highest BCUT2D eigenvalue weighted by molar-refractivity contribution is 7.89. The van der Waals surface area contributed by atoms with Crippen molar-refractivity contribution in [2.45, 2.75) is 30.2 Å². The van der Waals surface area contributed by atoms with Crippen LogP contribution in [0.2, 0.25) is 0 Å². The molecule has 96 valence electrons. The molecule has 0 amide bonds. The monoisotopic (exact) mass is 257 g/mol. The molecule has 1 aliphatic rings. The van der Waals surface area contributed by atoms with Gasteiger partial charge in [-0.1, -0.05) is 0 Å². The molecule has 5 nitrogen and oxygen atoms in total. The standard InChI is InChI=1S/C11H19N3O2S/c1-11(8-12,9-3-4-9)13-17(15,16)10-5-6-14(2)7-10/h5-7,9,13H,3-4,8,12H2,1-2H3. The fourth-order valence-electron chi connectivity index (χ4n) is 2.01. The van der Waals surface area contributed by atoms with Crippen LogP contribution in [0.3, 0.4) is 0 Å². The Morgan fingerprint density at radius 3 is 2.65 bits per heavy atom. The summed E-state index contributed by atoms with van der Waals surface area (Å²) >= 11 is 0. The molecular formula is C11H19N3O2S. The highest BCUT2D eigenvalue weighted by atomic mass is 32.2. The van der Waals surface area contributed by atoms with Crippen LogP contribution in [0.25, 0.3) is 0 Å². The van der Waals surface area contributed by atoms with Gasteiger partial charge >= 0.3 is 0 Å². The number of aromatic nitrogens is 1. The van der Waals surface area contributed by atoms with Gasteiger partial charge in [0, 0.05) is 31.5 Å². The Labute approximate surface area is 102 Å². The van der Waals surface area contributed by atoms with Crippen molar-refractivity contribution in [3.63, 3.8) is 0 Å². The molecule has 0 spiro atoms. The van der Waals surface area contributed by atoms with Crippen LogP contribution < -0.4 is 10.5 Å². The van der Waals surface area contributed by atoms with Crippen LogP contribution in [0.5, 0.6) is 0 Å². The van der Waals surface area contributed by atoms with Crippen molar-refractivity contribution in [1.82, 2.24) is 9.29 Å². The highest BCUT2D eigenvalue weighted by Crippen LogP contribution is 2.39. The fraction of sp³-hybridized carbons (Fsp3) is 0.636. The summed E-state index contributed by atoms with van der Waals surface area (Å²) in [5.41, 5.74) is 5.19. The molecule has 0 saturated heterocycles. The molecule has 0 radical (unpaired) electrons. The molecule has 0 aromatic carbocycles. The molecule has 0 aliphatic heterocycles. The van der Waals surface area contributed by atoms with Crippen molar-refractivity contribution < 1.29 is 8.42 Å². The normalized spacial score (nSPS) is 20.2. The molecule has 17 heavy (non-hydrogen) atoms. The Hall–Kier alpha value is -0.850. The van der Waals surface area contributed by atoms with Gasteiger partial charge in [-0.3, -0.25) is 0 Å². The lowest BCUT2D eigenvalue weighted by atomic mass is 9.98. The Kier molecular flexibility index (Phi) is 3.05. The Morgan fingerprint density at radius 2 is 2.24 bits per heavy atom. The summed E-state index contributed by atoms with van der Waals surface area (Å²) in [5.74, 6) is 0.367. The molecule has 1 atom stereocenters. The maximum absolute atomic E-state index is 12.2. The smallest absolute Gasteiger partial charge is 0.242 e. The van der Waals surface area contributed by atoms with Crippen molar-refractivity contribution in [2.75, 3.05) is 6.54 Å². The van der Waals surface area contributed by atoms with Gasteiger partial charge in [0.2, 0.25) is 10.0 Å². The van der Waals surface area contributed by atoms with E-state index in [0.29, 0.717) is 17.4 Å². The summed E-state index contributed by atoms with van der Waals surface area (Å²) in [4.78, 5) is 0.292. The van der Waals surface area contributed by atoms with Gasteiger partial charge in [0.15, 0.2) is 0 Å². The Morgan fingerprint density at radius 1 is 1.59 bits per heavy atom. The van der Waals surface area contributed by atoms with Crippen LogP contribution in [0.4, 0.5) is 0 Å². The van der Waals surface area contributed by atoms with Crippen LogP contribution >= 0.6 is 0 Å². The maximum Gasteiger partial charge on any atom is 0.242 e. The van der Waals surface area contributed by atoms with E-state index in [1.165, 1.54) is 0 Å². The van der Waals surface area contributed by atoms with E-state index in [1.54, 1.807) is 30.1 Å². The van der Waals surface area contributed by atoms with Gasteiger partial charge < -0.3 is 10.3 Å². The number of nitrogens with one attached hydrogen (secondary N) is 1. The largest absolute Gasteiger partial charge is 0.356 e. The first-order valence-corrected chi connectivity index (χ1v) is 7.22. The second-order valence-corrected chi connectivity index (χ2v) is 6.70. The third-order valence-corrected chi connectivity index (χ3v) is 4.98. The highest BCUT2D eigenvalue weighted by Gasteiger charge is 2.43. The van der Waals surface area contributed by atoms with Crippen molar-refractivity contribution in [3.8, 4) is 0 Å². The molecular weight excluding hydrogens is 238 g/mol. The van der Waals surface area contributed by atoms with E-state index in [4.69, 9.17) is 5.73 Å². The first kappa shape index (κ1) is 12.6. The van der Waals surface area contributed by atoms with Crippen molar-refractivity contribution in [1.29, 1.82) is 0 Å². The van der Waals surface area contributed by atoms with E-state index in [9.17, 15) is 8.42 Å². The summed E-state index contributed by atoms with van der Waals surface area (Å²) in [6.45, 7) is 2.20.